The van der Waals surface area contributed by atoms with Gasteiger partial charge in [-0.2, -0.15) is 0 Å². The first-order valence-corrected chi connectivity index (χ1v) is 6.90. The maximum Gasteiger partial charge on any atom is 0.343 e. The average molecular weight is 380 g/mol. The largest absolute Gasteiger partial charge is 0.454 e. The van der Waals surface area contributed by atoms with E-state index in [0.717, 1.165) is 12.5 Å². The molecule has 0 N–H and O–H groups in total. The van der Waals surface area contributed by atoms with Crippen LogP contribution in [-0.4, -0.2) is 18.0 Å². The summed E-state index contributed by atoms with van der Waals surface area (Å²) in [6.07, 6.45) is 3.34. The highest BCUT2D eigenvalue weighted by molar-refractivity contribution is 9.28. The van der Waals surface area contributed by atoms with Crippen LogP contribution < -0.4 is 0 Å². The van der Waals surface area contributed by atoms with E-state index in [1.165, 1.54) is 0 Å². The fourth-order valence-electron chi connectivity index (χ4n) is 1.43. The molecule has 6 heteroatoms. The number of carbonyl (C=O) groups is 2. The van der Waals surface area contributed by atoms with E-state index in [-0.39, 0.29) is 0 Å². The molecule has 1 aliphatic rings. The fraction of sp³-hybridized carbons (Fsp3) is 0.333. The number of carbonyl (C=O) groups excluding carboxylic acids is 2. The van der Waals surface area contributed by atoms with E-state index in [2.05, 4.69) is 38.4 Å². The molecule has 18 heavy (non-hydrogen) atoms. The molecule has 0 aromatic rings. The number of cyclic esters (lactones) is 1. The van der Waals surface area contributed by atoms with Gasteiger partial charge in [-0.15, -0.1) is 0 Å². The van der Waals surface area contributed by atoms with Crippen LogP contribution in [0.5, 0.6) is 0 Å². The molecule has 1 heterocycles. The highest BCUT2D eigenvalue weighted by Crippen LogP contribution is 2.30. The first-order chi connectivity index (χ1) is 8.49. The van der Waals surface area contributed by atoms with E-state index in [4.69, 9.17) is 9.47 Å². The predicted molar refractivity (Wildman–Crippen MR) is 74.0 cm³/mol. The van der Waals surface area contributed by atoms with E-state index in [1.54, 1.807) is 6.08 Å². The number of halogens is 2. The molecule has 1 unspecified atom stereocenters. The molecule has 1 aliphatic heterocycles. The minimum absolute atomic E-state index is 0.332. The van der Waals surface area contributed by atoms with Gasteiger partial charge in [0.2, 0.25) is 0 Å². The van der Waals surface area contributed by atoms with E-state index in [1.807, 2.05) is 6.92 Å². The molecule has 0 amide bonds. The molecule has 1 rings (SSSR count). The molecule has 4 nitrogen and oxygen atoms in total. The lowest BCUT2D eigenvalue weighted by molar-refractivity contribution is -0.143. The van der Waals surface area contributed by atoms with Gasteiger partial charge < -0.3 is 9.47 Å². The third-order valence-corrected chi connectivity index (χ3v) is 3.02. The summed E-state index contributed by atoms with van der Waals surface area (Å²) in [6.45, 7) is 5.27. The lowest BCUT2D eigenvalue weighted by Crippen LogP contribution is -2.22. The van der Waals surface area contributed by atoms with Crippen LogP contribution in [0.4, 0.5) is 0 Å². The van der Waals surface area contributed by atoms with Crippen molar-refractivity contribution in [3.8, 4) is 0 Å². The van der Waals surface area contributed by atoms with E-state index >= 15 is 0 Å². The summed E-state index contributed by atoms with van der Waals surface area (Å²) in [5.74, 6) is -0.694. The molecule has 1 atom stereocenters. The quantitative estimate of drug-likeness (QED) is 0.543. The topological polar surface area (TPSA) is 52.6 Å². The summed E-state index contributed by atoms with van der Waals surface area (Å²) in [5, 5.41) is 0. The van der Waals surface area contributed by atoms with Crippen molar-refractivity contribution in [3.63, 3.8) is 0 Å². The zero-order valence-electron chi connectivity index (χ0n) is 9.74. The molecule has 0 fully saturated rings. The van der Waals surface area contributed by atoms with E-state index in [9.17, 15) is 9.59 Å². The minimum Gasteiger partial charge on any atom is -0.454 e. The highest BCUT2D eigenvalue weighted by Gasteiger charge is 2.31. The first-order valence-electron chi connectivity index (χ1n) is 5.31. The van der Waals surface area contributed by atoms with Gasteiger partial charge in [-0.25, -0.2) is 9.59 Å². The Bertz CT molecular complexity index is 433. The smallest absolute Gasteiger partial charge is 0.343 e. The number of hydrogen-bond donors (Lipinski definition) is 0. The number of rotatable bonds is 5. The van der Waals surface area contributed by atoms with Crippen molar-refractivity contribution in [3.05, 3.63) is 33.5 Å². The van der Waals surface area contributed by atoms with Crippen LogP contribution in [0.15, 0.2) is 33.5 Å². The Hall–Kier alpha value is -0.880. The van der Waals surface area contributed by atoms with Gasteiger partial charge in [-0.3, -0.25) is 0 Å². The zero-order valence-corrected chi connectivity index (χ0v) is 12.9. The Morgan fingerprint density at radius 1 is 1.61 bits per heavy atom. The van der Waals surface area contributed by atoms with Gasteiger partial charge in [0.05, 0.1) is 5.57 Å². The van der Waals surface area contributed by atoms with Crippen LogP contribution in [0, 0.1) is 0 Å². The SMILES string of the molecule is C=CC(=O)OC(CCC)C1=CC(=C(Br)Br)OC1=O. The summed E-state index contributed by atoms with van der Waals surface area (Å²) in [5.41, 5.74) is 0.332. The van der Waals surface area contributed by atoms with Gasteiger partial charge >= 0.3 is 11.9 Å². The summed E-state index contributed by atoms with van der Waals surface area (Å²) < 4.78 is 10.7. The molecule has 0 saturated heterocycles. The maximum atomic E-state index is 11.7. The van der Waals surface area contributed by atoms with Crippen LogP contribution in [0.2, 0.25) is 0 Å². The Kier molecular flexibility index (Phi) is 5.81. The Morgan fingerprint density at radius 3 is 2.72 bits per heavy atom. The van der Waals surface area contributed by atoms with Crippen molar-refractivity contribution in [2.24, 2.45) is 0 Å². The van der Waals surface area contributed by atoms with Crippen molar-refractivity contribution in [1.29, 1.82) is 0 Å². The third-order valence-electron chi connectivity index (χ3n) is 2.23. The summed E-state index contributed by atoms with van der Waals surface area (Å²) in [6, 6.07) is 0. The van der Waals surface area contributed by atoms with Gasteiger partial charge in [-0.1, -0.05) is 19.9 Å². The molecular weight excluding hydrogens is 368 g/mol. The number of esters is 2. The maximum absolute atomic E-state index is 11.7. The second-order valence-corrected chi connectivity index (χ2v) is 6.18. The normalized spacial score (nSPS) is 15.8. The van der Waals surface area contributed by atoms with Gasteiger partial charge in [0.1, 0.15) is 9.50 Å². The second kappa shape index (κ2) is 6.89. The third kappa shape index (κ3) is 3.81. The van der Waals surface area contributed by atoms with E-state index in [0.29, 0.717) is 21.1 Å². The molecule has 0 spiro atoms. The van der Waals surface area contributed by atoms with Crippen LogP contribution in [0.3, 0.4) is 0 Å². The predicted octanol–water partition coefficient (Wildman–Crippen LogP) is 3.33. The second-order valence-electron chi connectivity index (χ2n) is 3.53. The Labute approximate surface area is 122 Å². The monoisotopic (exact) mass is 378 g/mol. The summed E-state index contributed by atoms with van der Waals surface area (Å²) in [4.78, 5) is 22.9. The molecule has 0 aromatic carbocycles. The first kappa shape index (κ1) is 15.2. The molecule has 0 aromatic heterocycles. The Morgan fingerprint density at radius 2 is 2.28 bits per heavy atom. The van der Waals surface area contributed by atoms with Crippen LogP contribution in [0.1, 0.15) is 19.8 Å². The van der Waals surface area contributed by atoms with Gasteiger partial charge in [0, 0.05) is 6.08 Å². The average Bonchev–Trinajstić information content (AvgIpc) is 2.70. The van der Waals surface area contributed by atoms with Crippen molar-refractivity contribution in [1.82, 2.24) is 0 Å². The molecule has 98 valence electrons. The van der Waals surface area contributed by atoms with Gasteiger partial charge in [0.15, 0.2) is 5.76 Å². The van der Waals surface area contributed by atoms with Crippen LogP contribution in [-0.2, 0) is 19.1 Å². The summed E-state index contributed by atoms with van der Waals surface area (Å²) >= 11 is 6.32. The molecule has 0 saturated carbocycles. The van der Waals surface area contributed by atoms with Crippen molar-refractivity contribution < 1.29 is 19.1 Å². The molecule has 0 bridgehead atoms. The van der Waals surface area contributed by atoms with Crippen LogP contribution in [0.25, 0.3) is 0 Å². The minimum atomic E-state index is -0.607. The van der Waals surface area contributed by atoms with Crippen LogP contribution >= 0.6 is 31.9 Å². The number of allylic oxidation sites excluding steroid dienone is 1. The highest BCUT2D eigenvalue weighted by atomic mass is 79.9. The Balaban J connectivity index is 2.95. The van der Waals surface area contributed by atoms with Gasteiger partial charge in [0.25, 0.3) is 0 Å². The number of hydrogen-bond acceptors (Lipinski definition) is 4. The molecule has 0 radical (unpaired) electrons. The van der Waals surface area contributed by atoms with E-state index < -0.39 is 18.0 Å². The van der Waals surface area contributed by atoms with Gasteiger partial charge in [-0.05, 0) is 44.4 Å². The van der Waals surface area contributed by atoms with Crippen molar-refractivity contribution in [2.45, 2.75) is 25.9 Å². The zero-order chi connectivity index (χ0) is 13.7. The van der Waals surface area contributed by atoms with Crippen molar-refractivity contribution >= 4 is 43.8 Å². The standard InChI is InChI=1S/C12H12Br2O4/c1-3-5-8(17-10(15)4-2)7-6-9(11(13)14)18-12(7)16/h4,6,8H,2-3,5H2,1H3. The summed E-state index contributed by atoms with van der Waals surface area (Å²) in [7, 11) is 0. The lowest BCUT2D eigenvalue weighted by Gasteiger charge is -2.15. The molecular formula is C12H12Br2O4. The fourth-order valence-corrected chi connectivity index (χ4v) is 1.83. The van der Waals surface area contributed by atoms with Crippen molar-refractivity contribution in [2.75, 3.05) is 0 Å². The number of ether oxygens (including phenoxy) is 2. The molecule has 0 aliphatic carbocycles. The lowest BCUT2D eigenvalue weighted by atomic mass is 10.1.